The first-order chi connectivity index (χ1) is 12.7. The van der Waals surface area contributed by atoms with Crippen molar-refractivity contribution in [2.45, 2.75) is 39.5 Å². The van der Waals surface area contributed by atoms with E-state index in [2.05, 4.69) is 30.4 Å². The normalized spacial score (nSPS) is 10.8. The number of aromatic nitrogens is 1. The molecule has 1 N–H and O–H groups in total. The molecule has 26 heavy (non-hydrogen) atoms. The Bertz CT molecular complexity index is 887. The van der Waals surface area contributed by atoms with Crippen molar-refractivity contribution in [2.75, 3.05) is 6.54 Å². The number of pyridine rings is 1. The number of nitrogens with zero attached hydrogens (tertiary/aromatic N) is 1. The summed E-state index contributed by atoms with van der Waals surface area (Å²) in [6.45, 7) is 4.91. The Kier molecular flexibility index (Phi) is 6.00. The van der Waals surface area contributed by atoms with Crippen LogP contribution in [0.5, 0.6) is 0 Å². The standard InChI is InChI=1S/C23H26N2O/c1-3-4-10-15-24-22(26)16-20-17(2)25-21-14-9-8-13-19(21)23(20)18-11-6-5-7-12-18/h5-9,11-14H,3-4,10,15-16H2,1-2H3,(H,24,26). The largest absolute Gasteiger partial charge is 0.356 e. The van der Waals surface area contributed by atoms with Crippen LogP contribution in [0.1, 0.15) is 37.4 Å². The fourth-order valence-corrected chi connectivity index (χ4v) is 3.35. The zero-order valence-electron chi connectivity index (χ0n) is 15.6. The number of nitrogens with one attached hydrogen (secondary N) is 1. The maximum Gasteiger partial charge on any atom is 0.224 e. The van der Waals surface area contributed by atoms with Crippen LogP contribution in [-0.4, -0.2) is 17.4 Å². The van der Waals surface area contributed by atoms with E-state index in [0.717, 1.165) is 59.1 Å². The fourth-order valence-electron chi connectivity index (χ4n) is 3.35. The van der Waals surface area contributed by atoms with Crippen LogP contribution >= 0.6 is 0 Å². The number of amides is 1. The molecule has 0 fully saturated rings. The Balaban J connectivity index is 1.99. The number of fused-ring (bicyclic) bond motifs is 1. The van der Waals surface area contributed by atoms with E-state index in [1.165, 1.54) is 0 Å². The number of rotatable bonds is 7. The van der Waals surface area contributed by atoms with Crippen LogP contribution in [0.25, 0.3) is 22.0 Å². The van der Waals surface area contributed by atoms with Gasteiger partial charge < -0.3 is 5.32 Å². The molecule has 0 radical (unpaired) electrons. The highest BCUT2D eigenvalue weighted by molar-refractivity contribution is 5.98. The molecule has 1 heterocycles. The number of hydrogen-bond donors (Lipinski definition) is 1. The second-order valence-corrected chi connectivity index (χ2v) is 6.67. The predicted molar refractivity (Wildman–Crippen MR) is 108 cm³/mol. The van der Waals surface area contributed by atoms with Crippen molar-refractivity contribution >= 4 is 16.8 Å². The molecule has 0 spiro atoms. The monoisotopic (exact) mass is 346 g/mol. The van der Waals surface area contributed by atoms with Gasteiger partial charge in [0.15, 0.2) is 0 Å². The number of hydrogen-bond acceptors (Lipinski definition) is 2. The lowest BCUT2D eigenvalue weighted by molar-refractivity contribution is -0.120. The molecule has 0 aliphatic rings. The first-order valence-corrected chi connectivity index (χ1v) is 9.41. The Labute approximate surface area is 155 Å². The molecule has 0 unspecified atom stereocenters. The summed E-state index contributed by atoms with van der Waals surface area (Å²) in [6, 6.07) is 18.4. The maximum atomic E-state index is 12.5. The first-order valence-electron chi connectivity index (χ1n) is 9.41. The van der Waals surface area contributed by atoms with Gasteiger partial charge in [-0.2, -0.15) is 0 Å². The lowest BCUT2D eigenvalue weighted by atomic mass is 9.92. The van der Waals surface area contributed by atoms with Crippen LogP contribution in [-0.2, 0) is 11.2 Å². The zero-order valence-corrected chi connectivity index (χ0v) is 15.6. The fraction of sp³-hybridized carbons (Fsp3) is 0.304. The van der Waals surface area contributed by atoms with Gasteiger partial charge in [0, 0.05) is 17.6 Å². The maximum absolute atomic E-state index is 12.5. The third kappa shape index (κ3) is 4.10. The molecule has 1 amide bonds. The van der Waals surface area contributed by atoms with E-state index in [9.17, 15) is 4.79 Å². The average molecular weight is 346 g/mol. The van der Waals surface area contributed by atoms with E-state index in [0.29, 0.717) is 6.42 Å². The average Bonchev–Trinajstić information content (AvgIpc) is 2.66. The highest BCUT2D eigenvalue weighted by Crippen LogP contribution is 2.33. The van der Waals surface area contributed by atoms with Gasteiger partial charge in [0.1, 0.15) is 0 Å². The molecule has 0 bridgehead atoms. The van der Waals surface area contributed by atoms with Gasteiger partial charge >= 0.3 is 0 Å². The molecule has 0 saturated heterocycles. The Morgan fingerprint density at radius 3 is 2.50 bits per heavy atom. The third-order valence-corrected chi connectivity index (χ3v) is 4.70. The highest BCUT2D eigenvalue weighted by atomic mass is 16.1. The summed E-state index contributed by atoms with van der Waals surface area (Å²) >= 11 is 0. The van der Waals surface area contributed by atoms with E-state index in [1.54, 1.807) is 0 Å². The molecule has 0 atom stereocenters. The topological polar surface area (TPSA) is 42.0 Å². The van der Waals surface area contributed by atoms with Gasteiger partial charge in [-0.25, -0.2) is 0 Å². The molecule has 3 rings (SSSR count). The number of carbonyl (C=O) groups is 1. The quantitative estimate of drug-likeness (QED) is 0.608. The van der Waals surface area contributed by atoms with Crippen molar-refractivity contribution < 1.29 is 4.79 Å². The van der Waals surface area contributed by atoms with E-state index in [-0.39, 0.29) is 5.91 Å². The van der Waals surface area contributed by atoms with Gasteiger partial charge in [-0.05, 0) is 36.1 Å². The summed E-state index contributed by atoms with van der Waals surface area (Å²) < 4.78 is 0. The summed E-state index contributed by atoms with van der Waals surface area (Å²) in [5, 5.41) is 4.15. The Morgan fingerprint density at radius 2 is 1.73 bits per heavy atom. The molecule has 3 heteroatoms. The Hall–Kier alpha value is -2.68. The van der Waals surface area contributed by atoms with E-state index in [4.69, 9.17) is 4.98 Å². The second kappa shape index (κ2) is 8.61. The number of benzene rings is 2. The number of carbonyl (C=O) groups excluding carboxylic acids is 1. The van der Waals surface area contributed by atoms with E-state index < -0.39 is 0 Å². The summed E-state index contributed by atoms with van der Waals surface area (Å²) in [6.07, 6.45) is 3.69. The Morgan fingerprint density at radius 1 is 1.00 bits per heavy atom. The molecule has 3 nitrogen and oxygen atoms in total. The SMILES string of the molecule is CCCCCNC(=O)Cc1c(C)nc2ccccc2c1-c1ccccc1. The van der Waals surface area contributed by atoms with Crippen molar-refractivity contribution in [2.24, 2.45) is 0 Å². The molecule has 0 aliphatic carbocycles. The number of unbranched alkanes of at least 4 members (excludes halogenated alkanes) is 2. The molecule has 3 aromatic rings. The van der Waals surface area contributed by atoms with Gasteiger partial charge in [0.05, 0.1) is 11.9 Å². The molecule has 0 saturated carbocycles. The second-order valence-electron chi connectivity index (χ2n) is 6.67. The minimum Gasteiger partial charge on any atom is -0.356 e. The lowest BCUT2D eigenvalue weighted by Crippen LogP contribution is -2.26. The van der Waals surface area contributed by atoms with Crippen LogP contribution in [0.15, 0.2) is 54.6 Å². The number of para-hydroxylation sites is 1. The van der Waals surface area contributed by atoms with Crippen LogP contribution in [0.4, 0.5) is 0 Å². The first kappa shape index (κ1) is 18.1. The van der Waals surface area contributed by atoms with E-state index >= 15 is 0 Å². The molecule has 0 aliphatic heterocycles. The predicted octanol–water partition coefficient (Wildman–Crippen LogP) is 5.06. The summed E-state index contributed by atoms with van der Waals surface area (Å²) in [5.41, 5.74) is 5.16. The smallest absolute Gasteiger partial charge is 0.224 e. The van der Waals surface area contributed by atoms with Crippen molar-refractivity contribution in [1.29, 1.82) is 0 Å². The minimum absolute atomic E-state index is 0.0680. The zero-order chi connectivity index (χ0) is 18.4. The summed E-state index contributed by atoms with van der Waals surface area (Å²) in [5.74, 6) is 0.0680. The van der Waals surface area contributed by atoms with Crippen LogP contribution < -0.4 is 5.32 Å². The molecular weight excluding hydrogens is 320 g/mol. The van der Waals surface area contributed by atoms with Gasteiger partial charge in [0.2, 0.25) is 5.91 Å². The van der Waals surface area contributed by atoms with Crippen LogP contribution in [0.2, 0.25) is 0 Å². The molecule has 2 aromatic carbocycles. The van der Waals surface area contributed by atoms with Gasteiger partial charge in [-0.3, -0.25) is 9.78 Å². The van der Waals surface area contributed by atoms with Gasteiger partial charge in [0.25, 0.3) is 0 Å². The molecule has 1 aromatic heterocycles. The highest BCUT2D eigenvalue weighted by Gasteiger charge is 2.16. The van der Waals surface area contributed by atoms with E-state index in [1.807, 2.05) is 43.3 Å². The van der Waals surface area contributed by atoms with Crippen LogP contribution in [0.3, 0.4) is 0 Å². The van der Waals surface area contributed by atoms with Crippen LogP contribution in [0, 0.1) is 6.92 Å². The summed E-state index contributed by atoms with van der Waals surface area (Å²) in [4.78, 5) is 17.3. The van der Waals surface area contributed by atoms with Crippen molar-refractivity contribution in [3.63, 3.8) is 0 Å². The summed E-state index contributed by atoms with van der Waals surface area (Å²) in [7, 11) is 0. The lowest BCUT2D eigenvalue weighted by Gasteiger charge is -2.16. The van der Waals surface area contributed by atoms with Gasteiger partial charge in [-0.15, -0.1) is 0 Å². The third-order valence-electron chi connectivity index (χ3n) is 4.70. The van der Waals surface area contributed by atoms with Crippen molar-refractivity contribution in [3.05, 3.63) is 65.9 Å². The minimum atomic E-state index is 0.0680. The van der Waals surface area contributed by atoms with Crippen molar-refractivity contribution in [1.82, 2.24) is 10.3 Å². The van der Waals surface area contributed by atoms with Crippen molar-refractivity contribution in [3.8, 4) is 11.1 Å². The molecular formula is C23H26N2O. The number of aryl methyl sites for hydroxylation is 1. The molecule has 134 valence electrons. The van der Waals surface area contributed by atoms with Gasteiger partial charge in [-0.1, -0.05) is 68.3 Å².